The molecule has 0 spiro atoms. The number of hydrogen-bond acceptors (Lipinski definition) is 1. The molecule has 0 fully saturated rings. The van der Waals surface area contributed by atoms with Crippen molar-refractivity contribution in [3.8, 4) is 0 Å². The fourth-order valence-corrected chi connectivity index (χ4v) is 2.70. The summed E-state index contributed by atoms with van der Waals surface area (Å²) in [5.74, 6) is 0.190. The molecule has 1 aromatic heterocycles. The minimum absolute atomic E-state index is 0.190. The SMILES string of the molecule is CC(C)N(C(=O)Cc1c[nH]c2ccccc12)C(C)C. The van der Waals surface area contributed by atoms with Crippen LogP contribution in [0, 0.1) is 0 Å². The zero-order chi connectivity index (χ0) is 14.0. The van der Waals surface area contributed by atoms with E-state index in [0.717, 1.165) is 16.5 Å². The van der Waals surface area contributed by atoms with Crippen molar-refractivity contribution in [3.63, 3.8) is 0 Å². The first-order valence-corrected chi connectivity index (χ1v) is 6.87. The van der Waals surface area contributed by atoms with Gasteiger partial charge in [0.2, 0.25) is 5.91 Å². The van der Waals surface area contributed by atoms with Crippen LogP contribution in [-0.2, 0) is 11.2 Å². The van der Waals surface area contributed by atoms with Crippen LogP contribution in [0.5, 0.6) is 0 Å². The second-order valence-electron chi connectivity index (χ2n) is 5.52. The summed E-state index contributed by atoms with van der Waals surface area (Å²) in [5.41, 5.74) is 2.16. The van der Waals surface area contributed by atoms with Gasteiger partial charge in [-0.1, -0.05) is 18.2 Å². The van der Waals surface area contributed by atoms with Crippen molar-refractivity contribution in [3.05, 3.63) is 36.0 Å². The molecule has 1 N–H and O–H groups in total. The minimum Gasteiger partial charge on any atom is -0.361 e. The number of nitrogens with zero attached hydrogens (tertiary/aromatic N) is 1. The van der Waals surface area contributed by atoms with E-state index >= 15 is 0 Å². The van der Waals surface area contributed by atoms with E-state index in [-0.39, 0.29) is 18.0 Å². The maximum atomic E-state index is 12.4. The molecule has 0 unspecified atom stereocenters. The third-order valence-corrected chi connectivity index (χ3v) is 3.42. The molecule has 0 radical (unpaired) electrons. The molecule has 0 saturated heterocycles. The number of aromatic amines is 1. The van der Waals surface area contributed by atoms with Gasteiger partial charge in [0, 0.05) is 29.2 Å². The Morgan fingerprint density at radius 1 is 1.16 bits per heavy atom. The molecule has 0 aliphatic heterocycles. The predicted molar refractivity (Wildman–Crippen MR) is 79.1 cm³/mol. The third-order valence-electron chi connectivity index (χ3n) is 3.42. The molecule has 0 aliphatic rings. The maximum Gasteiger partial charge on any atom is 0.227 e. The average molecular weight is 258 g/mol. The van der Waals surface area contributed by atoms with Crippen molar-refractivity contribution >= 4 is 16.8 Å². The van der Waals surface area contributed by atoms with Gasteiger partial charge in [-0.25, -0.2) is 0 Å². The van der Waals surface area contributed by atoms with Crippen LogP contribution in [0.2, 0.25) is 0 Å². The summed E-state index contributed by atoms with van der Waals surface area (Å²) < 4.78 is 0. The van der Waals surface area contributed by atoms with Gasteiger partial charge in [-0.05, 0) is 39.3 Å². The van der Waals surface area contributed by atoms with Gasteiger partial charge in [0.25, 0.3) is 0 Å². The standard InChI is InChI=1S/C16H22N2O/c1-11(2)18(12(3)4)16(19)9-13-10-17-15-8-6-5-7-14(13)15/h5-8,10-12,17H,9H2,1-4H3. The fourth-order valence-electron chi connectivity index (χ4n) is 2.70. The smallest absolute Gasteiger partial charge is 0.227 e. The van der Waals surface area contributed by atoms with E-state index in [9.17, 15) is 4.79 Å². The van der Waals surface area contributed by atoms with E-state index in [1.807, 2.05) is 29.3 Å². The van der Waals surface area contributed by atoms with Crippen LogP contribution in [0.3, 0.4) is 0 Å². The topological polar surface area (TPSA) is 36.1 Å². The molecule has 2 aromatic rings. The molecule has 1 heterocycles. The minimum atomic E-state index is 0.190. The Labute approximate surface area is 114 Å². The Hall–Kier alpha value is -1.77. The fraction of sp³-hybridized carbons (Fsp3) is 0.438. The molecule has 19 heavy (non-hydrogen) atoms. The van der Waals surface area contributed by atoms with E-state index < -0.39 is 0 Å². The molecule has 0 atom stereocenters. The van der Waals surface area contributed by atoms with E-state index in [0.29, 0.717) is 6.42 Å². The highest BCUT2D eigenvalue weighted by Gasteiger charge is 2.21. The summed E-state index contributed by atoms with van der Waals surface area (Å²) in [6.45, 7) is 8.25. The summed E-state index contributed by atoms with van der Waals surface area (Å²) in [5, 5.41) is 1.14. The summed E-state index contributed by atoms with van der Waals surface area (Å²) in [6, 6.07) is 8.57. The number of nitrogens with one attached hydrogen (secondary N) is 1. The lowest BCUT2D eigenvalue weighted by molar-refractivity contribution is -0.134. The van der Waals surface area contributed by atoms with Crippen LogP contribution in [0.25, 0.3) is 10.9 Å². The number of hydrogen-bond donors (Lipinski definition) is 1. The Kier molecular flexibility index (Phi) is 3.93. The molecular weight excluding hydrogens is 236 g/mol. The van der Waals surface area contributed by atoms with Gasteiger partial charge in [0.15, 0.2) is 0 Å². The largest absolute Gasteiger partial charge is 0.361 e. The molecule has 1 amide bonds. The Bertz CT molecular complexity index is 561. The Morgan fingerprint density at radius 3 is 2.42 bits per heavy atom. The molecule has 0 bridgehead atoms. The predicted octanol–water partition coefficient (Wildman–Crippen LogP) is 3.36. The van der Waals surface area contributed by atoms with Crippen LogP contribution in [0.1, 0.15) is 33.3 Å². The zero-order valence-corrected chi connectivity index (χ0v) is 12.1. The second-order valence-corrected chi connectivity index (χ2v) is 5.52. The maximum absolute atomic E-state index is 12.4. The van der Waals surface area contributed by atoms with Crippen molar-refractivity contribution in [1.82, 2.24) is 9.88 Å². The molecule has 2 rings (SSSR count). The molecule has 102 valence electrons. The quantitative estimate of drug-likeness (QED) is 0.897. The van der Waals surface area contributed by atoms with Crippen LogP contribution >= 0.6 is 0 Å². The van der Waals surface area contributed by atoms with Crippen LogP contribution < -0.4 is 0 Å². The number of aromatic nitrogens is 1. The van der Waals surface area contributed by atoms with Gasteiger partial charge < -0.3 is 9.88 Å². The highest BCUT2D eigenvalue weighted by atomic mass is 16.2. The van der Waals surface area contributed by atoms with Crippen LogP contribution in [-0.4, -0.2) is 27.9 Å². The van der Waals surface area contributed by atoms with Gasteiger partial charge in [-0.3, -0.25) is 4.79 Å². The highest BCUT2D eigenvalue weighted by molar-refractivity contribution is 5.89. The van der Waals surface area contributed by atoms with E-state index in [2.05, 4.69) is 38.7 Å². The first-order chi connectivity index (χ1) is 9.00. The summed E-state index contributed by atoms with van der Waals surface area (Å²) in [7, 11) is 0. The van der Waals surface area contributed by atoms with Gasteiger partial charge in [0.1, 0.15) is 0 Å². The number of carbonyl (C=O) groups excluding carboxylic acids is 1. The molecule has 3 nitrogen and oxygen atoms in total. The number of fused-ring (bicyclic) bond motifs is 1. The Balaban J connectivity index is 2.23. The number of benzene rings is 1. The first-order valence-electron chi connectivity index (χ1n) is 6.87. The third kappa shape index (κ3) is 2.80. The number of H-pyrrole nitrogens is 1. The summed E-state index contributed by atoms with van der Waals surface area (Å²) in [6.07, 6.45) is 2.40. The summed E-state index contributed by atoms with van der Waals surface area (Å²) in [4.78, 5) is 17.6. The first kappa shape index (κ1) is 13.7. The summed E-state index contributed by atoms with van der Waals surface area (Å²) >= 11 is 0. The molecule has 0 aliphatic carbocycles. The highest BCUT2D eigenvalue weighted by Crippen LogP contribution is 2.19. The zero-order valence-electron chi connectivity index (χ0n) is 12.1. The van der Waals surface area contributed by atoms with Crippen LogP contribution in [0.15, 0.2) is 30.5 Å². The lowest BCUT2D eigenvalue weighted by Crippen LogP contribution is -2.42. The molecule has 0 saturated carbocycles. The van der Waals surface area contributed by atoms with Crippen molar-refractivity contribution in [2.24, 2.45) is 0 Å². The molecule has 1 aromatic carbocycles. The number of rotatable bonds is 4. The van der Waals surface area contributed by atoms with E-state index in [4.69, 9.17) is 0 Å². The number of amides is 1. The van der Waals surface area contributed by atoms with Gasteiger partial charge in [-0.2, -0.15) is 0 Å². The van der Waals surface area contributed by atoms with Gasteiger partial charge in [-0.15, -0.1) is 0 Å². The van der Waals surface area contributed by atoms with E-state index in [1.54, 1.807) is 0 Å². The monoisotopic (exact) mass is 258 g/mol. The van der Waals surface area contributed by atoms with E-state index in [1.165, 1.54) is 0 Å². The lowest BCUT2D eigenvalue weighted by atomic mass is 10.1. The van der Waals surface area contributed by atoms with Crippen LogP contribution in [0.4, 0.5) is 0 Å². The van der Waals surface area contributed by atoms with Crippen molar-refractivity contribution < 1.29 is 4.79 Å². The Morgan fingerprint density at radius 2 is 1.79 bits per heavy atom. The second kappa shape index (κ2) is 5.47. The number of para-hydroxylation sites is 1. The average Bonchev–Trinajstić information content (AvgIpc) is 2.72. The normalized spacial score (nSPS) is 11.5. The molecular formula is C16H22N2O. The van der Waals surface area contributed by atoms with Gasteiger partial charge in [0.05, 0.1) is 6.42 Å². The van der Waals surface area contributed by atoms with Crippen molar-refractivity contribution in [2.75, 3.05) is 0 Å². The van der Waals surface area contributed by atoms with Crippen molar-refractivity contribution in [1.29, 1.82) is 0 Å². The lowest BCUT2D eigenvalue weighted by Gasteiger charge is -2.30. The van der Waals surface area contributed by atoms with Crippen molar-refractivity contribution in [2.45, 2.75) is 46.2 Å². The number of carbonyl (C=O) groups is 1. The molecule has 3 heteroatoms. The van der Waals surface area contributed by atoms with Gasteiger partial charge >= 0.3 is 0 Å².